The molecule has 1 N–H and O–H groups in total. The first-order valence-corrected chi connectivity index (χ1v) is 13.2. The molecule has 0 saturated carbocycles. The number of anilines is 1. The molecule has 1 aliphatic carbocycles. The van der Waals surface area contributed by atoms with E-state index in [1.54, 1.807) is 42.5 Å². The summed E-state index contributed by atoms with van der Waals surface area (Å²) >= 11 is 6.23. The number of halogens is 1. The lowest BCUT2D eigenvalue weighted by Crippen LogP contribution is -2.30. The average molecular weight is 483 g/mol. The van der Waals surface area contributed by atoms with Crippen molar-refractivity contribution in [3.05, 3.63) is 99.6 Å². The number of aryl methyl sites for hydroxylation is 2. The minimum atomic E-state index is -3.55. The number of carbonyl (C=O) groups is 1. The number of nitrogens with zero attached hydrogens (tertiary/aromatic N) is 1. The van der Waals surface area contributed by atoms with Crippen LogP contribution >= 0.6 is 11.6 Å². The van der Waals surface area contributed by atoms with Gasteiger partial charge < -0.3 is 5.32 Å². The maximum absolute atomic E-state index is 12.8. The molecule has 0 saturated heterocycles. The summed E-state index contributed by atoms with van der Waals surface area (Å²) in [7, 11) is -3.55. The van der Waals surface area contributed by atoms with Crippen molar-refractivity contribution in [2.75, 3.05) is 10.6 Å². The highest BCUT2D eigenvalue weighted by Gasteiger charge is 2.20. The number of fused-ring (bicyclic) bond motifs is 1. The summed E-state index contributed by atoms with van der Waals surface area (Å²) in [6, 6.07) is 20.0. The molecule has 0 bridgehead atoms. The molecular formula is C26H27ClN2O3S. The molecule has 0 spiro atoms. The van der Waals surface area contributed by atoms with Crippen LogP contribution in [0.15, 0.2) is 66.7 Å². The standard InChI is InChI=1S/C26H27ClN2O3S/c1-18(21-11-10-19-7-5-8-22(19)16-21)28-26(30)20-12-14-24(15-13-20)29(33(2,31)32)17-23-6-3-4-9-25(23)27/h3-4,6,9-16,18H,5,7-8,17H2,1-2H3,(H,28,30). The van der Waals surface area contributed by atoms with E-state index in [0.717, 1.165) is 24.7 Å². The second-order valence-electron chi connectivity index (χ2n) is 8.48. The first-order chi connectivity index (χ1) is 15.7. The molecule has 3 aromatic carbocycles. The zero-order valence-electron chi connectivity index (χ0n) is 18.7. The Morgan fingerprint density at radius 3 is 2.42 bits per heavy atom. The number of carbonyl (C=O) groups excluding carboxylic acids is 1. The molecule has 0 heterocycles. The average Bonchev–Trinajstić information content (AvgIpc) is 3.26. The number of nitrogens with one attached hydrogen (secondary N) is 1. The van der Waals surface area contributed by atoms with Crippen molar-refractivity contribution in [2.24, 2.45) is 0 Å². The van der Waals surface area contributed by atoms with Crippen LogP contribution < -0.4 is 9.62 Å². The van der Waals surface area contributed by atoms with E-state index in [2.05, 4.69) is 23.5 Å². The second-order valence-corrected chi connectivity index (χ2v) is 10.8. The molecule has 0 aliphatic heterocycles. The number of rotatable bonds is 7. The number of hydrogen-bond donors (Lipinski definition) is 1. The van der Waals surface area contributed by atoms with Crippen molar-refractivity contribution < 1.29 is 13.2 Å². The van der Waals surface area contributed by atoms with Crippen LogP contribution in [0.25, 0.3) is 0 Å². The first-order valence-electron chi connectivity index (χ1n) is 11.0. The lowest BCUT2D eigenvalue weighted by Gasteiger charge is -2.23. The van der Waals surface area contributed by atoms with E-state index in [1.807, 2.05) is 13.0 Å². The van der Waals surface area contributed by atoms with Gasteiger partial charge in [0.2, 0.25) is 10.0 Å². The van der Waals surface area contributed by atoms with Crippen molar-refractivity contribution in [2.45, 2.75) is 38.8 Å². The van der Waals surface area contributed by atoms with Gasteiger partial charge in [0.05, 0.1) is 24.5 Å². The highest BCUT2D eigenvalue weighted by Crippen LogP contribution is 2.27. The Morgan fingerprint density at radius 1 is 1.03 bits per heavy atom. The first kappa shape index (κ1) is 23.3. The van der Waals surface area contributed by atoms with E-state index in [9.17, 15) is 13.2 Å². The summed E-state index contributed by atoms with van der Waals surface area (Å²) in [5.74, 6) is -0.202. The molecular weight excluding hydrogens is 456 g/mol. The zero-order valence-corrected chi connectivity index (χ0v) is 20.3. The van der Waals surface area contributed by atoms with E-state index >= 15 is 0 Å². The third-order valence-corrected chi connectivity index (χ3v) is 7.57. The van der Waals surface area contributed by atoms with E-state index in [1.165, 1.54) is 21.9 Å². The Hall–Kier alpha value is -2.83. The molecule has 172 valence electrons. The summed E-state index contributed by atoms with van der Waals surface area (Å²) in [6.45, 7) is 2.08. The molecule has 33 heavy (non-hydrogen) atoms. The van der Waals surface area contributed by atoms with Crippen molar-refractivity contribution in [3.63, 3.8) is 0 Å². The largest absolute Gasteiger partial charge is 0.346 e. The van der Waals surface area contributed by atoms with Crippen molar-refractivity contribution in [3.8, 4) is 0 Å². The predicted molar refractivity (Wildman–Crippen MR) is 133 cm³/mol. The van der Waals surface area contributed by atoms with Gasteiger partial charge in [0.1, 0.15) is 0 Å². The van der Waals surface area contributed by atoms with Gasteiger partial charge in [-0.15, -0.1) is 0 Å². The van der Waals surface area contributed by atoms with Gasteiger partial charge >= 0.3 is 0 Å². The van der Waals surface area contributed by atoms with Crippen LogP contribution in [0.3, 0.4) is 0 Å². The smallest absolute Gasteiger partial charge is 0.251 e. The number of amides is 1. The highest BCUT2D eigenvalue weighted by atomic mass is 35.5. The van der Waals surface area contributed by atoms with Crippen LogP contribution in [-0.4, -0.2) is 20.6 Å². The zero-order chi connectivity index (χ0) is 23.6. The lowest BCUT2D eigenvalue weighted by molar-refractivity contribution is 0.0940. The topological polar surface area (TPSA) is 66.5 Å². The molecule has 1 atom stereocenters. The molecule has 1 unspecified atom stereocenters. The summed E-state index contributed by atoms with van der Waals surface area (Å²) in [6.07, 6.45) is 4.57. The number of sulfonamides is 1. The summed E-state index contributed by atoms with van der Waals surface area (Å²) in [5.41, 5.74) is 5.51. The lowest BCUT2D eigenvalue weighted by atomic mass is 10.0. The maximum Gasteiger partial charge on any atom is 0.251 e. The maximum atomic E-state index is 12.8. The van der Waals surface area contributed by atoms with E-state index in [4.69, 9.17) is 11.6 Å². The third kappa shape index (κ3) is 5.40. The van der Waals surface area contributed by atoms with Gasteiger partial charge in [-0.2, -0.15) is 0 Å². The second kappa shape index (κ2) is 9.57. The van der Waals surface area contributed by atoms with Gasteiger partial charge in [0, 0.05) is 10.6 Å². The molecule has 0 radical (unpaired) electrons. The summed E-state index contributed by atoms with van der Waals surface area (Å²) < 4.78 is 26.2. The quantitative estimate of drug-likeness (QED) is 0.497. The van der Waals surface area contributed by atoms with Crippen LogP contribution in [-0.2, 0) is 29.4 Å². The Labute approximate surface area is 200 Å². The van der Waals surface area contributed by atoms with Gasteiger partial charge in [-0.3, -0.25) is 9.10 Å². The minimum absolute atomic E-state index is 0.111. The minimum Gasteiger partial charge on any atom is -0.346 e. The van der Waals surface area contributed by atoms with E-state index < -0.39 is 10.0 Å². The van der Waals surface area contributed by atoms with Crippen LogP contribution in [0.4, 0.5) is 5.69 Å². The molecule has 5 nitrogen and oxygen atoms in total. The monoisotopic (exact) mass is 482 g/mol. The summed E-state index contributed by atoms with van der Waals surface area (Å²) in [5, 5.41) is 3.54. The van der Waals surface area contributed by atoms with Gasteiger partial charge in [0.25, 0.3) is 5.91 Å². The Morgan fingerprint density at radius 2 is 1.73 bits per heavy atom. The number of hydrogen-bond acceptors (Lipinski definition) is 3. The molecule has 1 aliphatic rings. The molecule has 4 rings (SSSR count). The SMILES string of the molecule is CC(NC(=O)c1ccc(N(Cc2ccccc2Cl)S(C)(=O)=O)cc1)c1ccc2c(c1)CCC2. The molecule has 7 heteroatoms. The van der Waals surface area contributed by atoms with Crippen LogP contribution in [0.1, 0.15) is 52.0 Å². The highest BCUT2D eigenvalue weighted by molar-refractivity contribution is 7.92. The Kier molecular flexibility index (Phi) is 6.77. The van der Waals surface area contributed by atoms with Crippen LogP contribution in [0.5, 0.6) is 0 Å². The van der Waals surface area contributed by atoms with Crippen molar-refractivity contribution >= 4 is 33.2 Å². The van der Waals surface area contributed by atoms with Gasteiger partial charge in [-0.05, 0) is 78.8 Å². The predicted octanol–water partition coefficient (Wildman–Crippen LogP) is 5.29. The van der Waals surface area contributed by atoms with E-state index in [0.29, 0.717) is 21.8 Å². The third-order valence-electron chi connectivity index (χ3n) is 6.06. The van der Waals surface area contributed by atoms with E-state index in [-0.39, 0.29) is 18.5 Å². The fourth-order valence-electron chi connectivity index (χ4n) is 4.18. The molecule has 0 fully saturated rings. The van der Waals surface area contributed by atoms with Crippen molar-refractivity contribution in [1.29, 1.82) is 0 Å². The normalized spacial score (nSPS) is 13.9. The van der Waals surface area contributed by atoms with Gasteiger partial charge in [-0.25, -0.2) is 8.42 Å². The summed E-state index contributed by atoms with van der Waals surface area (Å²) in [4.78, 5) is 12.8. The van der Waals surface area contributed by atoms with Gasteiger partial charge in [-0.1, -0.05) is 48.0 Å². The molecule has 1 amide bonds. The van der Waals surface area contributed by atoms with Gasteiger partial charge in [0.15, 0.2) is 0 Å². The fraction of sp³-hybridized carbons (Fsp3) is 0.269. The fourth-order valence-corrected chi connectivity index (χ4v) is 5.26. The number of benzene rings is 3. The van der Waals surface area contributed by atoms with Crippen LogP contribution in [0.2, 0.25) is 5.02 Å². The Bertz CT molecular complexity index is 1270. The van der Waals surface area contributed by atoms with Crippen LogP contribution in [0, 0.1) is 0 Å². The Balaban J connectivity index is 1.49. The van der Waals surface area contributed by atoms with Crippen molar-refractivity contribution in [1.82, 2.24) is 5.32 Å². The molecule has 3 aromatic rings. The molecule has 0 aromatic heterocycles.